The SMILES string of the molecule is CSc1ccccc1NC(=O)Cn1nc(-c2ccc(Br)cc2)ccc1=O. The van der Waals surface area contributed by atoms with Crippen molar-refractivity contribution in [2.75, 3.05) is 11.6 Å². The Morgan fingerprint density at radius 1 is 1.12 bits per heavy atom. The van der Waals surface area contributed by atoms with Crippen LogP contribution in [0.2, 0.25) is 0 Å². The number of carbonyl (C=O) groups is 1. The molecule has 0 bridgehead atoms. The molecule has 7 heteroatoms. The maximum absolute atomic E-state index is 12.4. The molecule has 0 unspecified atom stereocenters. The van der Waals surface area contributed by atoms with Gasteiger partial charge in [0, 0.05) is 21.0 Å². The number of benzene rings is 2. The third-order valence-electron chi connectivity index (χ3n) is 3.68. The van der Waals surface area contributed by atoms with E-state index in [1.165, 1.54) is 10.7 Å². The minimum Gasteiger partial charge on any atom is -0.323 e. The van der Waals surface area contributed by atoms with Gasteiger partial charge in [-0.2, -0.15) is 5.10 Å². The predicted octanol–water partition coefficient (Wildman–Crippen LogP) is 4.03. The molecule has 0 aliphatic heterocycles. The summed E-state index contributed by atoms with van der Waals surface area (Å²) in [6.07, 6.45) is 1.94. The van der Waals surface area contributed by atoms with Gasteiger partial charge in [0.1, 0.15) is 6.54 Å². The number of nitrogens with one attached hydrogen (secondary N) is 1. The van der Waals surface area contributed by atoms with E-state index in [4.69, 9.17) is 0 Å². The smallest absolute Gasteiger partial charge is 0.267 e. The van der Waals surface area contributed by atoms with E-state index in [1.807, 2.05) is 54.8 Å². The summed E-state index contributed by atoms with van der Waals surface area (Å²) in [7, 11) is 0. The predicted molar refractivity (Wildman–Crippen MR) is 108 cm³/mol. The fourth-order valence-corrected chi connectivity index (χ4v) is 3.23. The van der Waals surface area contributed by atoms with Crippen LogP contribution in [-0.4, -0.2) is 21.9 Å². The normalized spacial score (nSPS) is 10.5. The van der Waals surface area contributed by atoms with Crippen LogP contribution in [0, 0.1) is 0 Å². The maximum Gasteiger partial charge on any atom is 0.267 e. The van der Waals surface area contributed by atoms with Crippen LogP contribution in [0.15, 0.2) is 74.8 Å². The van der Waals surface area contributed by atoms with Gasteiger partial charge in [-0.1, -0.05) is 40.2 Å². The van der Waals surface area contributed by atoms with Gasteiger partial charge in [0.25, 0.3) is 5.56 Å². The van der Waals surface area contributed by atoms with Crippen molar-refractivity contribution in [3.8, 4) is 11.3 Å². The molecule has 0 atom stereocenters. The number of amides is 1. The lowest BCUT2D eigenvalue weighted by atomic mass is 10.1. The van der Waals surface area contributed by atoms with E-state index >= 15 is 0 Å². The summed E-state index contributed by atoms with van der Waals surface area (Å²) in [5.41, 5.74) is 1.91. The van der Waals surface area contributed by atoms with Crippen LogP contribution in [0.1, 0.15) is 0 Å². The molecule has 132 valence electrons. The molecule has 0 radical (unpaired) electrons. The van der Waals surface area contributed by atoms with Crippen LogP contribution in [-0.2, 0) is 11.3 Å². The number of para-hydroxylation sites is 1. The lowest BCUT2D eigenvalue weighted by Crippen LogP contribution is -2.29. The van der Waals surface area contributed by atoms with E-state index in [1.54, 1.807) is 17.8 Å². The lowest BCUT2D eigenvalue weighted by Gasteiger charge is -2.10. The number of rotatable bonds is 5. The number of carbonyl (C=O) groups excluding carboxylic acids is 1. The van der Waals surface area contributed by atoms with Gasteiger partial charge in [0.05, 0.1) is 11.4 Å². The van der Waals surface area contributed by atoms with Crippen LogP contribution in [0.4, 0.5) is 5.69 Å². The third kappa shape index (κ3) is 4.42. The lowest BCUT2D eigenvalue weighted by molar-refractivity contribution is -0.117. The van der Waals surface area contributed by atoms with Crippen molar-refractivity contribution >= 4 is 39.3 Å². The maximum atomic E-state index is 12.4. The Hall–Kier alpha value is -2.38. The highest BCUT2D eigenvalue weighted by Gasteiger charge is 2.10. The molecular formula is C19H16BrN3O2S. The zero-order valence-electron chi connectivity index (χ0n) is 14.0. The van der Waals surface area contributed by atoms with Gasteiger partial charge in [-0.15, -0.1) is 11.8 Å². The number of aromatic nitrogens is 2. The first kappa shape index (κ1) is 18.4. The summed E-state index contributed by atoms with van der Waals surface area (Å²) < 4.78 is 2.13. The van der Waals surface area contributed by atoms with Crippen molar-refractivity contribution in [2.45, 2.75) is 11.4 Å². The highest BCUT2D eigenvalue weighted by Crippen LogP contribution is 2.24. The Morgan fingerprint density at radius 2 is 1.85 bits per heavy atom. The van der Waals surface area contributed by atoms with Crippen molar-refractivity contribution in [2.24, 2.45) is 0 Å². The quantitative estimate of drug-likeness (QED) is 0.621. The molecule has 0 aliphatic rings. The Balaban J connectivity index is 1.81. The Labute approximate surface area is 163 Å². The minimum atomic E-state index is -0.320. The second-order valence-electron chi connectivity index (χ2n) is 5.47. The number of nitrogens with zero attached hydrogens (tertiary/aromatic N) is 2. The second kappa shape index (κ2) is 8.33. The van der Waals surface area contributed by atoms with Crippen LogP contribution in [0.5, 0.6) is 0 Å². The zero-order valence-corrected chi connectivity index (χ0v) is 16.4. The van der Waals surface area contributed by atoms with Crippen molar-refractivity contribution < 1.29 is 4.79 Å². The first-order valence-corrected chi connectivity index (χ1v) is 9.85. The van der Waals surface area contributed by atoms with Gasteiger partial charge in [-0.25, -0.2) is 4.68 Å². The van der Waals surface area contributed by atoms with Crippen molar-refractivity contribution in [3.05, 3.63) is 75.5 Å². The molecule has 0 saturated heterocycles. The van der Waals surface area contributed by atoms with Crippen LogP contribution in [0.3, 0.4) is 0 Å². The van der Waals surface area contributed by atoms with Crippen molar-refractivity contribution in [1.82, 2.24) is 9.78 Å². The van der Waals surface area contributed by atoms with Crippen LogP contribution < -0.4 is 10.9 Å². The molecule has 0 fully saturated rings. The van der Waals surface area contributed by atoms with Crippen LogP contribution in [0.25, 0.3) is 11.3 Å². The summed E-state index contributed by atoms with van der Waals surface area (Å²) in [6, 6.07) is 18.2. The van der Waals surface area contributed by atoms with Gasteiger partial charge >= 0.3 is 0 Å². The second-order valence-corrected chi connectivity index (χ2v) is 7.23. The van der Waals surface area contributed by atoms with E-state index in [9.17, 15) is 9.59 Å². The van der Waals surface area contributed by atoms with E-state index in [2.05, 4.69) is 26.3 Å². The molecule has 26 heavy (non-hydrogen) atoms. The summed E-state index contributed by atoms with van der Waals surface area (Å²) in [6.45, 7) is -0.147. The van der Waals surface area contributed by atoms with Gasteiger partial charge in [0.2, 0.25) is 5.91 Å². The standard InChI is InChI=1S/C19H16BrN3O2S/c1-26-17-5-3-2-4-16(17)21-18(24)12-23-19(25)11-10-15(22-23)13-6-8-14(20)9-7-13/h2-11H,12H2,1H3,(H,21,24). The summed E-state index contributed by atoms with van der Waals surface area (Å²) >= 11 is 4.93. The average Bonchev–Trinajstić information content (AvgIpc) is 2.64. The van der Waals surface area contributed by atoms with Crippen LogP contribution >= 0.6 is 27.7 Å². The molecule has 1 heterocycles. The summed E-state index contributed by atoms with van der Waals surface area (Å²) in [4.78, 5) is 25.4. The van der Waals surface area contributed by atoms with E-state index < -0.39 is 0 Å². The first-order chi connectivity index (χ1) is 12.6. The summed E-state index contributed by atoms with van der Waals surface area (Å²) in [5.74, 6) is -0.297. The number of hydrogen-bond acceptors (Lipinski definition) is 4. The molecule has 5 nitrogen and oxygen atoms in total. The first-order valence-electron chi connectivity index (χ1n) is 7.84. The topological polar surface area (TPSA) is 64.0 Å². The number of hydrogen-bond donors (Lipinski definition) is 1. The molecule has 3 aromatic rings. The zero-order chi connectivity index (χ0) is 18.5. The van der Waals surface area contributed by atoms with Gasteiger partial charge in [-0.05, 0) is 36.6 Å². The molecule has 0 aliphatic carbocycles. The highest BCUT2D eigenvalue weighted by molar-refractivity contribution is 9.10. The van der Waals surface area contributed by atoms with Gasteiger partial charge < -0.3 is 5.32 Å². The van der Waals surface area contributed by atoms with Crippen molar-refractivity contribution in [1.29, 1.82) is 0 Å². The fraction of sp³-hybridized carbons (Fsp3) is 0.105. The molecular weight excluding hydrogens is 414 g/mol. The minimum absolute atomic E-state index is 0.147. The fourth-order valence-electron chi connectivity index (χ4n) is 2.41. The number of thioether (sulfide) groups is 1. The monoisotopic (exact) mass is 429 g/mol. The highest BCUT2D eigenvalue weighted by atomic mass is 79.9. The van der Waals surface area contributed by atoms with Gasteiger partial charge in [-0.3, -0.25) is 9.59 Å². The molecule has 1 aromatic heterocycles. The molecule has 1 amide bonds. The van der Waals surface area contributed by atoms with Gasteiger partial charge in [0.15, 0.2) is 0 Å². The molecule has 0 saturated carbocycles. The molecule has 3 rings (SSSR count). The molecule has 1 N–H and O–H groups in total. The molecule has 2 aromatic carbocycles. The van der Waals surface area contributed by atoms with E-state index in [0.717, 1.165) is 20.6 Å². The third-order valence-corrected chi connectivity index (χ3v) is 5.01. The Bertz CT molecular complexity index is 987. The molecule has 0 spiro atoms. The van der Waals surface area contributed by atoms with Crippen molar-refractivity contribution in [3.63, 3.8) is 0 Å². The largest absolute Gasteiger partial charge is 0.323 e. The van der Waals surface area contributed by atoms with E-state index in [0.29, 0.717) is 5.69 Å². The number of anilines is 1. The Kier molecular flexibility index (Phi) is 5.90. The summed E-state index contributed by atoms with van der Waals surface area (Å²) in [5, 5.41) is 7.16. The number of halogens is 1. The Morgan fingerprint density at radius 3 is 2.58 bits per heavy atom. The van der Waals surface area contributed by atoms with E-state index in [-0.39, 0.29) is 18.0 Å². The average molecular weight is 430 g/mol.